The monoisotopic (exact) mass is 351 g/mol. The topological polar surface area (TPSA) is 89.4 Å². The normalized spacial score (nSPS) is 19.5. The van der Waals surface area contributed by atoms with Crippen LogP contribution in [0.3, 0.4) is 0 Å². The van der Waals surface area contributed by atoms with Crippen molar-refractivity contribution in [3.63, 3.8) is 0 Å². The van der Waals surface area contributed by atoms with Crippen molar-refractivity contribution in [2.24, 2.45) is 0 Å². The molecule has 1 N–H and O–H groups in total. The molecule has 3 heterocycles. The summed E-state index contributed by atoms with van der Waals surface area (Å²) in [5, 5.41) is 7.36. The lowest BCUT2D eigenvalue weighted by atomic mass is 10.1. The second-order valence-corrected chi connectivity index (χ2v) is 7.44. The van der Waals surface area contributed by atoms with E-state index < -0.39 is 10.0 Å². The van der Waals surface area contributed by atoms with E-state index >= 15 is 0 Å². The zero-order valence-electron chi connectivity index (χ0n) is 13.5. The summed E-state index contributed by atoms with van der Waals surface area (Å²) in [4.78, 5) is 4.31. The molecule has 0 bridgehead atoms. The van der Waals surface area contributed by atoms with E-state index in [1.54, 1.807) is 30.4 Å². The van der Waals surface area contributed by atoms with Gasteiger partial charge in [-0.1, -0.05) is 6.07 Å². The molecule has 8 nitrogen and oxygen atoms in total. The van der Waals surface area contributed by atoms with E-state index in [-0.39, 0.29) is 10.9 Å². The third kappa shape index (κ3) is 3.48. The summed E-state index contributed by atoms with van der Waals surface area (Å²) in [6.07, 6.45) is 6.34. The van der Waals surface area contributed by atoms with Crippen LogP contribution in [0.5, 0.6) is 0 Å². The van der Waals surface area contributed by atoms with Gasteiger partial charge in [-0.3, -0.25) is 9.67 Å². The summed E-state index contributed by atoms with van der Waals surface area (Å²) in [5.41, 5.74) is 0.875. The van der Waals surface area contributed by atoms with E-state index in [4.69, 9.17) is 4.74 Å². The minimum atomic E-state index is -3.62. The highest BCUT2D eigenvalue weighted by atomic mass is 32.2. The molecule has 1 atom stereocenters. The molecule has 0 amide bonds. The standard InChI is InChI=1S/C15H21N5O3S/c1-23-8-7-19-12-14(10-18-19)24(21,22)20-6-5-17-11-15(20)13-3-2-4-16-9-13/h2-4,9-10,12,15,17H,5-8,11H2,1H3. The maximum atomic E-state index is 13.1. The van der Waals surface area contributed by atoms with E-state index in [2.05, 4.69) is 15.4 Å². The van der Waals surface area contributed by atoms with Gasteiger partial charge in [0.25, 0.3) is 0 Å². The van der Waals surface area contributed by atoms with Crippen molar-refractivity contribution in [3.8, 4) is 0 Å². The minimum Gasteiger partial charge on any atom is -0.383 e. The molecule has 1 saturated heterocycles. The lowest BCUT2D eigenvalue weighted by molar-refractivity contribution is 0.183. The number of ether oxygens (including phenoxy) is 1. The maximum absolute atomic E-state index is 13.1. The Hall–Kier alpha value is -1.81. The van der Waals surface area contributed by atoms with Crippen LogP contribution >= 0.6 is 0 Å². The first-order chi connectivity index (χ1) is 11.6. The molecular formula is C15H21N5O3S. The van der Waals surface area contributed by atoms with Crippen LogP contribution in [0.15, 0.2) is 41.8 Å². The van der Waals surface area contributed by atoms with Crippen molar-refractivity contribution in [2.45, 2.75) is 17.5 Å². The first-order valence-corrected chi connectivity index (χ1v) is 9.21. The van der Waals surface area contributed by atoms with Gasteiger partial charge in [0, 0.05) is 45.3 Å². The van der Waals surface area contributed by atoms with Gasteiger partial charge in [-0.2, -0.15) is 9.40 Å². The molecule has 9 heteroatoms. The van der Waals surface area contributed by atoms with Crippen molar-refractivity contribution in [3.05, 3.63) is 42.5 Å². The zero-order chi connectivity index (χ0) is 17.0. The predicted molar refractivity (Wildman–Crippen MR) is 87.8 cm³/mol. The van der Waals surface area contributed by atoms with Gasteiger partial charge in [-0.15, -0.1) is 0 Å². The highest BCUT2D eigenvalue weighted by molar-refractivity contribution is 7.89. The van der Waals surface area contributed by atoms with Crippen LogP contribution in [0, 0.1) is 0 Å². The first-order valence-electron chi connectivity index (χ1n) is 7.77. The molecular weight excluding hydrogens is 330 g/mol. The Morgan fingerprint density at radius 2 is 2.29 bits per heavy atom. The van der Waals surface area contributed by atoms with E-state index in [1.165, 1.54) is 10.5 Å². The van der Waals surface area contributed by atoms with Crippen LogP contribution in [-0.4, -0.2) is 60.8 Å². The Labute approximate surface area is 141 Å². The Bertz CT molecular complexity index is 762. The summed E-state index contributed by atoms with van der Waals surface area (Å²) in [7, 11) is -2.02. The SMILES string of the molecule is COCCn1cc(S(=O)(=O)N2CCNCC2c2cccnc2)cn1. The molecule has 1 unspecified atom stereocenters. The van der Waals surface area contributed by atoms with Gasteiger partial charge in [0.1, 0.15) is 4.90 Å². The molecule has 2 aromatic heterocycles. The largest absolute Gasteiger partial charge is 0.383 e. The van der Waals surface area contributed by atoms with Crippen LogP contribution in [0.4, 0.5) is 0 Å². The van der Waals surface area contributed by atoms with Gasteiger partial charge >= 0.3 is 0 Å². The zero-order valence-corrected chi connectivity index (χ0v) is 14.3. The van der Waals surface area contributed by atoms with Gasteiger partial charge in [0.15, 0.2) is 0 Å². The number of aromatic nitrogens is 3. The minimum absolute atomic E-state index is 0.203. The third-order valence-electron chi connectivity index (χ3n) is 4.00. The fourth-order valence-corrected chi connectivity index (χ4v) is 4.32. The molecule has 1 aliphatic heterocycles. The van der Waals surface area contributed by atoms with Crippen molar-refractivity contribution < 1.29 is 13.2 Å². The summed E-state index contributed by atoms with van der Waals surface area (Å²) in [6, 6.07) is 3.44. The number of nitrogens with zero attached hydrogens (tertiary/aromatic N) is 4. The third-order valence-corrected chi connectivity index (χ3v) is 5.87. The Kier molecular flexibility index (Phi) is 5.24. The number of methoxy groups -OCH3 is 1. The van der Waals surface area contributed by atoms with E-state index in [0.717, 1.165) is 5.56 Å². The van der Waals surface area contributed by atoms with E-state index in [9.17, 15) is 8.42 Å². The van der Waals surface area contributed by atoms with Crippen LogP contribution in [0.2, 0.25) is 0 Å². The smallest absolute Gasteiger partial charge is 0.246 e. The Morgan fingerprint density at radius 1 is 1.42 bits per heavy atom. The number of pyridine rings is 1. The Morgan fingerprint density at radius 3 is 3.04 bits per heavy atom. The highest BCUT2D eigenvalue weighted by Crippen LogP contribution is 2.28. The molecule has 0 aliphatic carbocycles. The number of nitrogens with one attached hydrogen (secondary N) is 1. The fraction of sp³-hybridized carbons (Fsp3) is 0.467. The van der Waals surface area contributed by atoms with Crippen molar-refractivity contribution in [1.82, 2.24) is 24.4 Å². The van der Waals surface area contributed by atoms with Gasteiger partial charge in [0.2, 0.25) is 10.0 Å². The summed E-state index contributed by atoms with van der Waals surface area (Å²) in [5.74, 6) is 0. The second kappa shape index (κ2) is 7.39. The molecule has 0 spiro atoms. The van der Waals surface area contributed by atoms with Crippen LogP contribution < -0.4 is 5.32 Å². The molecule has 0 aromatic carbocycles. The summed E-state index contributed by atoms with van der Waals surface area (Å²) < 4.78 is 34.2. The maximum Gasteiger partial charge on any atom is 0.246 e. The van der Waals surface area contributed by atoms with Crippen molar-refractivity contribution >= 4 is 10.0 Å². The fourth-order valence-electron chi connectivity index (χ4n) is 2.75. The molecule has 2 aromatic rings. The lowest BCUT2D eigenvalue weighted by Crippen LogP contribution is -2.48. The number of hydrogen-bond donors (Lipinski definition) is 1. The number of rotatable bonds is 6. The summed E-state index contributed by atoms with van der Waals surface area (Å²) in [6.45, 7) is 2.58. The van der Waals surface area contributed by atoms with Crippen molar-refractivity contribution in [2.75, 3.05) is 33.4 Å². The molecule has 3 rings (SSSR count). The van der Waals surface area contributed by atoms with Gasteiger partial charge < -0.3 is 10.1 Å². The van der Waals surface area contributed by atoms with Gasteiger partial charge in [0.05, 0.1) is 25.4 Å². The molecule has 1 fully saturated rings. The van der Waals surface area contributed by atoms with Gasteiger partial charge in [-0.05, 0) is 11.6 Å². The average molecular weight is 351 g/mol. The quantitative estimate of drug-likeness (QED) is 0.803. The first kappa shape index (κ1) is 17.0. The van der Waals surface area contributed by atoms with Crippen LogP contribution in [-0.2, 0) is 21.3 Å². The second-order valence-electron chi connectivity index (χ2n) is 5.55. The highest BCUT2D eigenvalue weighted by Gasteiger charge is 2.35. The Balaban J connectivity index is 1.87. The number of sulfonamides is 1. The van der Waals surface area contributed by atoms with Crippen LogP contribution in [0.25, 0.3) is 0 Å². The van der Waals surface area contributed by atoms with E-state index in [1.807, 2.05) is 12.1 Å². The van der Waals surface area contributed by atoms with Crippen LogP contribution in [0.1, 0.15) is 11.6 Å². The number of hydrogen-bond acceptors (Lipinski definition) is 6. The molecule has 0 radical (unpaired) electrons. The summed E-state index contributed by atoms with van der Waals surface area (Å²) >= 11 is 0. The molecule has 1 aliphatic rings. The van der Waals surface area contributed by atoms with Crippen molar-refractivity contribution in [1.29, 1.82) is 0 Å². The average Bonchev–Trinajstić information content (AvgIpc) is 3.10. The molecule has 24 heavy (non-hydrogen) atoms. The molecule has 130 valence electrons. The van der Waals surface area contributed by atoms with Gasteiger partial charge in [-0.25, -0.2) is 8.42 Å². The molecule has 0 saturated carbocycles. The predicted octanol–water partition coefficient (Wildman–Crippen LogP) is 0.260. The lowest BCUT2D eigenvalue weighted by Gasteiger charge is -2.34. The van der Waals surface area contributed by atoms with E-state index in [0.29, 0.717) is 32.8 Å². The number of piperazine rings is 1.